The number of benzene rings is 2. The first-order valence-corrected chi connectivity index (χ1v) is 7.87. The summed E-state index contributed by atoms with van der Waals surface area (Å²) in [5, 5.41) is 9.55. The lowest BCUT2D eigenvalue weighted by Gasteiger charge is -2.29. The number of aliphatic hydroxyl groups excluding tert-OH is 1. The molecule has 120 valence electrons. The predicted octanol–water partition coefficient (Wildman–Crippen LogP) is 3.59. The normalized spacial score (nSPS) is 17.8. The molecule has 1 aliphatic rings. The van der Waals surface area contributed by atoms with Gasteiger partial charge in [0, 0.05) is 17.0 Å². The van der Waals surface area contributed by atoms with Gasteiger partial charge in [-0.2, -0.15) is 0 Å². The van der Waals surface area contributed by atoms with Crippen molar-refractivity contribution >= 4 is 0 Å². The van der Waals surface area contributed by atoms with Crippen LogP contribution >= 0.6 is 0 Å². The van der Waals surface area contributed by atoms with Crippen LogP contribution in [-0.2, 0) is 15.3 Å². The molecule has 0 spiro atoms. The molecule has 0 saturated carbocycles. The molecule has 1 atom stereocenters. The Morgan fingerprint density at radius 2 is 1.61 bits per heavy atom. The van der Waals surface area contributed by atoms with Crippen molar-refractivity contribution < 1.29 is 14.6 Å². The van der Waals surface area contributed by atoms with Crippen molar-refractivity contribution in [2.75, 3.05) is 19.8 Å². The van der Waals surface area contributed by atoms with E-state index in [1.807, 2.05) is 61.5 Å². The minimum Gasteiger partial charge on any atom is -0.395 e. The Kier molecular flexibility index (Phi) is 4.62. The Bertz CT molecular complexity index is 655. The maximum Gasteiger partial charge on any atom is 0.222 e. The molecule has 1 saturated heterocycles. The average Bonchev–Trinajstić information content (AvgIpc) is 3.08. The van der Waals surface area contributed by atoms with Gasteiger partial charge in [0.05, 0.1) is 19.8 Å². The van der Waals surface area contributed by atoms with Gasteiger partial charge in [-0.25, -0.2) is 0 Å². The molecule has 2 aromatic rings. The number of hydrogen-bond acceptors (Lipinski definition) is 3. The van der Waals surface area contributed by atoms with Crippen LogP contribution in [0.3, 0.4) is 0 Å². The molecule has 0 radical (unpaired) electrons. The van der Waals surface area contributed by atoms with Gasteiger partial charge in [0.15, 0.2) is 0 Å². The van der Waals surface area contributed by atoms with Gasteiger partial charge >= 0.3 is 0 Å². The molecule has 0 amide bonds. The van der Waals surface area contributed by atoms with E-state index in [-0.39, 0.29) is 12.5 Å². The summed E-state index contributed by atoms with van der Waals surface area (Å²) < 4.78 is 12.0. The lowest BCUT2D eigenvalue weighted by Crippen LogP contribution is -2.28. The third-order valence-electron chi connectivity index (χ3n) is 4.32. The Hall–Kier alpha value is -1.94. The Morgan fingerprint density at radius 3 is 2.13 bits per heavy atom. The molecular formula is C20H22O3. The summed E-state index contributed by atoms with van der Waals surface area (Å²) in [6.07, 6.45) is 0. The molecular weight excluding hydrogens is 288 g/mol. The molecule has 23 heavy (non-hydrogen) atoms. The van der Waals surface area contributed by atoms with Crippen LogP contribution in [0.15, 0.2) is 66.7 Å². The van der Waals surface area contributed by atoms with Crippen molar-refractivity contribution in [3.8, 4) is 0 Å². The van der Waals surface area contributed by atoms with Gasteiger partial charge < -0.3 is 14.6 Å². The Morgan fingerprint density at radius 1 is 1.04 bits per heavy atom. The molecule has 3 rings (SSSR count). The number of hydrogen-bond donors (Lipinski definition) is 1. The van der Waals surface area contributed by atoms with Gasteiger partial charge in [0.25, 0.3) is 0 Å². The summed E-state index contributed by atoms with van der Waals surface area (Å²) in [6.45, 7) is 7.09. The fourth-order valence-corrected chi connectivity index (χ4v) is 3.05. The summed E-state index contributed by atoms with van der Waals surface area (Å²) in [6, 6.07) is 18.0. The van der Waals surface area contributed by atoms with E-state index in [1.165, 1.54) is 0 Å². The van der Waals surface area contributed by atoms with E-state index in [2.05, 4.69) is 6.58 Å². The van der Waals surface area contributed by atoms with Crippen LogP contribution in [0.4, 0.5) is 0 Å². The third-order valence-corrected chi connectivity index (χ3v) is 4.32. The summed E-state index contributed by atoms with van der Waals surface area (Å²) in [5.41, 5.74) is 3.95. The van der Waals surface area contributed by atoms with E-state index in [1.54, 1.807) is 0 Å². The van der Waals surface area contributed by atoms with Gasteiger partial charge in [-0.15, -0.1) is 0 Å². The molecule has 0 aliphatic carbocycles. The number of aliphatic hydroxyl groups is 1. The molecule has 1 heterocycles. The van der Waals surface area contributed by atoms with Crippen molar-refractivity contribution in [3.63, 3.8) is 0 Å². The van der Waals surface area contributed by atoms with Crippen LogP contribution < -0.4 is 0 Å². The van der Waals surface area contributed by atoms with E-state index >= 15 is 0 Å². The SMILES string of the molecule is C=C(C)C(CO)c1ccc(C2(c3ccccc3)OCCO2)cc1. The highest BCUT2D eigenvalue weighted by Crippen LogP contribution is 2.38. The molecule has 1 N–H and O–H groups in total. The van der Waals surface area contributed by atoms with Crippen LogP contribution in [0.1, 0.15) is 29.5 Å². The Labute approximate surface area is 137 Å². The second kappa shape index (κ2) is 6.67. The van der Waals surface area contributed by atoms with Crippen molar-refractivity contribution in [1.29, 1.82) is 0 Å². The fraction of sp³-hybridized carbons (Fsp3) is 0.300. The highest BCUT2D eigenvalue weighted by atomic mass is 16.7. The third kappa shape index (κ3) is 2.95. The van der Waals surface area contributed by atoms with Crippen LogP contribution in [0.2, 0.25) is 0 Å². The lowest BCUT2D eigenvalue weighted by molar-refractivity contribution is -0.129. The smallest absolute Gasteiger partial charge is 0.222 e. The van der Waals surface area contributed by atoms with Gasteiger partial charge in [0.2, 0.25) is 5.79 Å². The first-order chi connectivity index (χ1) is 11.2. The quantitative estimate of drug-likeness (QED) is 0.858. The van der Waals surface area contributed by atoms with Gasteiger partial charge in [-0.3, -0.25) is 0 Å². The van der Waals surface area contributed by atoms with Crippen LogP contribution in [-0.4, -0.2) is 24.9 Å². The minimum absolute atomic E-state index is 0.0397. The highest BCUT2D eigenvalue weighted by Gasteiger charge is 2.40. The second-order valence-corrected chi connectivity index (χ2v) is 5.88. The van der Waals surface area contributed by atoms with Gasteiger partial charge in [-0.1, -0.05) is 66.7 Å². The molecule has 2 aromatic carbocycles. The maximum absolute atomic E-state index is 9.55. The molecule has 0 bridgehead atoms. The minimum atomic E-state index is -0.836. The van der Waals surface area contributed by atoms with Crippen LogP contribution in [0.5, 0.6) is 0 Å². The standard InChI is InChI=1S/C20H22O3/c1-15(2)19(14-21)16-8-10-18(11-9-16)20(22-12-13-23-20)17-6-4-3-5-7-17/h3-11,19,21H,1,12-14H2,2H3. The first-order valence-electron chi connectivity index (χ1n) is 7.87. The molecule has 3 nitrogen and oxygen atoms in total. The lowest BCUT2D eigenvalue weighted by atomic mass is 9.90. The van der Waals surface area contributed by atoms with Gasteiger partial charge in [-0.05, 0) is 12.5 Å². The van der Waals surface area contributed by atoms with E-state index in [9.17, 15) is 5.11 Å². The summed E-state index contributed by atoms with van der Waals surface area (Å²) in [4.78, 5) is 0. The monoisotopic (exact) mass is 310 g/mol. The second-order valence-electron chi connectivity index (χ2n) is 5.88. The van der Waals surface area contributed by atoms with Crippen molar-refractivity contribution in [3.05, 3.63) is 83.4 Å². The zero-order valence-corrected chi connectivity index (χ0v) is 13.4. The molecule has 0 aromatic heterocycles. The highest BCUT2D eigenvalue weighted by molar-refractivity contribution is 5.38. The van der Waals surface area contributed by atoms with Crippen molar-refractivity contribution in [2.24, 2.45) is 0 Å². The number of rotatable bonds is 5. The fourth-order valence-electron chi connectivity index (χ4n) is 3.05. The summed E-state index contributed by atoms with van der Waals surface area (Å²) in [7, 11) is 0. The van der Waals surface area contributed by atoms with Crippen LogP contribution in [0, 0.1) is 0 Å². The summed E-state index contributed by atoms with van der Waals surface area (Å²) in [5.74, 6) is -0.875. The topological polar surface area (TPSA) is 38.7 Å². The average molecular weight is 310 g/mol. The van der Waals surface area contributed by atoms with E-state index in [4.69, 9.17) is 9.47 Å². The Balaban J connectivity index is 1.97. The zero-order chi connectivity index (χ0) is 16.3. The first kappa shape index (κ1) is 15.9. The molecule has 1 aliphatic heterocycles. The van der Waals surface area contributed by atoms with E-state index in [0.717, 1.165) is 22.3 Å². The van der Waals surface area contributed by atoms with Crippen molar-refractivity contribution in [2.45, 2.75) is 18.6 Å². The summed E-state index contributed by atoms with van der Waals surface area (Å²) >= 11 is 0. The van der Waals surface area contributed by atoms with E-state index < -0.39 is 5.79 Å². The predicted molar refractivity (Wildman–Crippen MR) is 90.2 cm³/mol. The molecule has 3 heteroatoms. The van der Waals surface area contributed by atoms with Crippen LogP contribution in [0.25, 0.3) is 0 Å². The largest absolute Gasteiger partial charge is 0.395 e. The van der Waals surface area contributed by atoms with Gasteiger partial charge in [0.1, 0.15) is 0 Å². The number of ether oxygens (including phenoxy) is 2. The maximum atomic E-state index is 9.55. The van der Waals surface area contributed by atoms with E-state index in [0.29, 0.717) is 13.2 Å². The zero-order valence-electron chi connectivity index (χ0n) is 13.4. The molecule has 1 fully saturated rings. The molecule has 1 unspecified atom stereocenters. The van der Waals surface area contributed by atoms with Crippen molar-refractivity contribution in [1.82, 2.24) is 0 Å².